The second-order valence-corrected chi connectivity index (χ2v) is 21.6. The Balaban J connectivity index is 0.969. The summed E-state index contributed by atoms with van der Waals surface area (Å²) in [5.74, 6) is 1.90. The van der Waals surface area contributed by atoms with Crippen molar-refractivity contribution in [2.75, 3.05) is 0 Å². The topological polar surface area (TPSA) is 38.7 Å². The molecule has 3 aromatic heterocycles. The van der Waals surface area contributed by atoms with Crippen LogP contribution in [0.5, 0.6) is 0 Å². The van der Waals surface area contributed by atoms with Crippen LogP contribution in [0.4, 0.5) is 0 Å². The quantitative estimate of drug-likeness (QED) is 0.161. The van der Waals surface area contributed by atoms with Crippen LogP contribution in [0.2, 0.25) is 0 Å². The SMILES string of the molecule is CC1(C)c2ccccc2-c2cc3c4ccccc4c4cc(-c5nc(-c6ccccc6)nc(-c6cc(-c7cccc8c7sc7ccccc78)cc(-c7cccc8c7sc7ccccc78)c6)n5)ccc4c3cc21. The van der Waals surface area contributed by atoms with E-state index >= 15 is 0 Å². The molecule has 0 atom stereocenters. The van der Waals surface area contributed by atoms with E-state index in [0.717, 1.165) is 27.8 Å². The van der Waals surface area contributed by atoms with Crippen LogP contribution in [0.3, 0.4) is 0 Å². The molecule has 0 amide bonds. The Morgan fingerprint density at radius 3 is 1.39 bits per heavy atom. The first-order chi connectivity index (χ1) is 34.9. The molecule has 3 nitrogen and oxygen atoms in total. The number of hydrogen-bond donors (Lipinski definition) is 0. The average molecular weight is 940 g/mol. The Hall–Kier alpha value is -8.35. The maximum atomic E-state index is 5.48. The third-order valence-electron chi connectivity index (χ3n) is 15.1. The van der Waals surface area contributed by atoms with E-state index in [2.05, 4.69) is 220 Å². The number of benzene rings is 11. The van der Waals surface area contributed by atoms with Crippen molar-refractivity contribution >= 4 is 95.3 Å². The molecule has 0 aliphatic heterocycles. The summed E-state index contributed by atoms with van der Waals surface area (Å²) in [4.78, 5) is 16.2. The number of thiophene rings is 2. The van der Waals surface area contributed by atoms with Gasteiger partial charge in [0.15, 0.2) is 17.5 Å². The molecule has 11 aromatic carbocycles. The third-order valence-corrected chi connectivity index (χ3v) is 17.5. The molecule has 0 saturated carbocycles. The van der Waals surface area contributed by atoms with Crippen LogP contribution in [-0.4, -0.2) is 15.0 Å². The number of rotatable bonds is 5. The van der Waals surface area contributed by atoms with Crippen LogP contribution in [0.25, 0.3) is 140 Å². The van der Waals surface area contributed by atoms with Gasteiger partial charge in [-0.1, -0.05) is 178 Å². The summed E-state index contributed by atoms with van der Waals surface area (Å²) in [7, 11) is 0. The average Bonchev–Trinajstić information content (AvgIpc) is 4.08. The molecule has 0 fully saturated rings. The Kier molecular flexibility index (Phi) is 8.75. The van der Waals surface area contributed by atoms with Crippen molar-refractivity contribution in [1.82, 2.24) is 15.0 Å². The highest BCUT2D eigenvalue weighted by Crippen LogP contribution is 2.52. The van der Waals surface area contributed by atoms with Gasteiger partial charge in [-0.05, 0) is 125 Å². The number of fused-ring (bicyclic) bond motifs is 15. The van der Waals surface area contributed by atoms with E-state index in [9.17, 15) is 0 Å². The minimum Gasteiger partial charge on any atom is -0.208 e. The number of aromatic nitrogens is 3. The van der Waals surface area contributed by atoms with Crippen molar-refractivity contribution in [2.24, 2.45) is 0 Å². The van der Waals surface area contributed by atoms with Gasteiger partial charge >= 0.3 is 0 Å². The van der Waals surface area contributed by atoms with Crippen molar-refractivity contribution in [1.29, 1.82) is 0 Å². The van der Waals surface area contributed by atoms with Crippen molar-refractivity contribution in [3.05, 3.63) is 223 Å². The first kappa shape index (κ1) is 40.5. The molecule has 71 heavy (non-hydrogen) atoms. The molecule has 0 radical (unpaired) electrons. The molecule has 1 aliphatic rings. The van der Waals surface area contributed by atoms with Gasteiger partial charge in [0.2, 0.25) is 0 Å². The molecular weight excluding hydrogens is 899 g/mol. The van der Waals surface area contributed by atoms with Crippen LogP contribution in [-0.2, 0) is 5.41 Å². The van der Waals surface area contributed by atoms with E-state index in [1.165, 1.54) is 106 Å². The molecule has 0 saturated heterocycles. The van der Waals surface area contributed by atoms with Crippen molar-refractivity contribution in [3.8, 4) is 67.5 Å². The zero-order valence-corrected chi connectivity index (χ0v) is 40.5. The van der Waals surface area contributed by atoms with Crippen molar-refractivity contribution < 1.29 is 0 Å². The van der Waals surface area contributed by atoms with E-state index in [1.54, 1.807) is 0 Å². The first-order valence-electron chi connectivity index (χ1n) is 24.2. The van der Waals surface area contributed by atoms with Gasteiger partial charge < -0.3 is 0 Å². The third kappa shape index (κ3) is 6.16. The summed E-state index contributed by atoms with van der Waals surface area (Å²) in [5, 5.41) is 12.5. The van der Waals surface area contributed by atoms with Crippen LogP contribution in [0, 0.1) is 0 Å². The minimum atomic E-state index is -0.112. The molecular formula is C66H41N3S2. The lowest BCUT2D eigenvalue weighted by Gasteiger charge is -2.22. The van der Waals surface area contributed by atoms with Crippen LogP contribution in [0.1, 0.15) is 25.0 Å². The highest BCUT2D eigenvalue weighted by atomic mass is 32.1. The van der Waals surface area contributed by atoms with Gasteiger partial charge in [-0.15, -0.1) is 22.7 Å². The van der Waals surface area contributed by atoms with E-state index in [0.29, 0.717) is 17.5 Å². The number of hydrogen-bond acceptors (Lipinski definition) is 5. The van der Waals surface area contributed by atoms with Gasteiger partial charge in [0.05, 0.1) is 0 Å². The maximum Gasteiger partial charge on any atom is 0.164 e. The fourth-order valence-electron chi connectivity index (χ4n) is 11.7. The molecule has 3 heterocycles. The van der Waals surface area contributed by atoms with Gasteiger partial charge in [0.1, 0.15) is 0 Å². The first-order valence-corrected chi connectivity index (χ1v) is 25.9. The van der Waals surface area contributed by atoms with E-state index < -0.39 is 0 Å². The number of nitrogens with zero attached hydrogens (tertiary/aromatic N) is 3. The summed E-state index contributed by atoms with van der Waals surface area (Å²) in [6, 6.07) is 77.7. The van der Waals surface area contributed by atoms with Gasteiger partial charge in [-0.25, -0.2) is 15.0 Å². The van der Waals surface area contributed by atoms with Gasteiger partial charge in [-0.3, -0.25) is 0 Å². The Morgan fingerprint density at radius 1 is 0.282 bits per heavy atom. The van der Waals surface area contributed by atoms with E-state index in [4.69, 9.17) is 15.0 Å². The van der Waals surface area contributed by atoms with Gasteiger partial charge in [0, 0.05) is 62.4 Å². The molecule has 14 aromatic rings. The zero-order chi connectivity index (χ0) is 47.0. The highest BCUT2D eigenvalue weighted by Gasteiger charge is 2.36. The van der Waals surface area contributed by atoms with Crippen LogP contribution in [0.15, 0.2) is 212 Å². The molecule has 5 heteroatoms. The molecule has 0 spiro atoms. The molecule has 0 bridgehead atoms. The maximum absolute atomic E-state index is 5.48. The summed E-state index contributed by atoms with van der Waals surface area (Å²) in [6.45, 7) is 4.72. The Morgan fingerprint density at radius 2 is 0.746 bits per heavy atom. The fourth-order valence-corrected chi connectivity index (χ4v) is 14.1. The summed E-state index contributed by atoms with van der Waals surface area (Å²) in [5.41, 5.74) is 12.8. The van der Waals surface area contributed by atoms with Crippen LogP contribution < -0.4 is 0 Å². The van der Waals surface area contributed by atoms with E-state index in [1.807, 2.05) is 28.7 Å². The van der Waals surface area contributed by atoms with Crippen molar-refractivity contribution in [2.45, 2.75) is 19.3 Å². The zero-order valence-electron chi connectivity index (χ0n) is 38.9. The van der Waals surface area contributed by atoms with Crippen molar-refractivity contribution in [3.63, 3.8) is 0 Å². The lowest BCUT2D eigenvalue weighted by Crippen LogP contribution is -2.14. The largest absolute Gasteiger partial charge is 0.208 e. The lowest BCUT2D eigenvalue weighted by atomic mass is 9.81. The Bertz CT molecular complexity index is 4430. The lowest BCUT2D eigenvalue weighted by molar-refractivity contribution is 0.661. The van der Waals surface area contributed by atoms with E-state index in [-0.39, 0.29) is 5.41 Å². The summed E-state index contributed by atoms with van der Waals surface area (Å²) >= 11 is 3.71. The predicted molar refractivity (Wildman–Crippen MR) is 303 cm³/mol. The predicted octanol–water partition coefficient (Wildman–Crippen LogP) is 18.7. The monoisotopic (exact) mass is 939 g/mol. The van der Waals surface area contributed by atoms with Gasteiger partial charge in [-0.2, -0.15) is 0 Å². The second kappa shape index (κ2) is 15.3. The normalized spacial score (nSPS) is 13.0. The highest BCUT2D eigenvalue weighted by molar-refractivity contribution is 7.26. The minimum absolute atomic E-state index is 0.112. The molecule has 0 unspecified atom stereocenters. The summed E-state index contributed by atoms with van der Waals surface area (Å²) in [6.07, 6.45) is 0. The summed E-state index contributed by atoms with van der Waals surface area (Å²) < 4.78 is 5.11. The molecule has 1 aliphatic carbocycles. The standard InChI is InChI=1S/C66H41N3S2/c1-66(2)57-27-11-8-20-48(57)56-36-54-46-19-7-6-18-45(46)53-35-39(30-31-47(53)55(54)37-58(56)66)64-67-63(38-16-4-3-5-17-38)68-65(69-64)42-33-40(43-23-14-25-51-49-21-9-12-28-59(49)70-61(43)51)32-41(34-42)44-24-15-26-52-50-22-10-13-29-60(50)71-62(44)52/h3-37H,1-2H3. The van der Waals surface area contributed by atoms with Crippen LogP contribution >= 0.6 is 22.7 Å². The molecule has 15 rings (SSSR count). The Labute approximate surface area is 418 Å². The second-order valence-electron chi connectivity index (χ2n) is 19.5. The fraction of sp³-hybridized carbons (Fsp3) is 0.0455. The molecule has 0 N–H and O–H groups in total. The molecule has 332 valence electrons. The van der Waals surface area contributed by atoms with Gasteiger partial charge in [0.25, 0.3) is 0 Å². The smallest absolute Gasteiger partial charge is 0.164 e.